The standard InChI is InChI=1S/C14H19F2NO2/c1-4-17(9-14(2,3)19)8-13(18)10-5-6-11(15)12(16)7-10/h5-7,19H,4,8-9H2,1-3H3. The van der Waals surface area contributed by atoms with E-state index in [0.717, 1.165) is 12.1 Å². The van der Waals surface area contributed by atoms with E-state index in [9.17, 15) is 18.7 Å². The fourth-order valence-corrected chi connectivity index (χ4v) is 1.79. The van der Waals surface area contributed by atoms with E-state index in [2.05, 4.69) is 0 Å². The Kier molecular flexibility index (Phi) is 5.14. The number of aliphatic hydroxyl groups is 1. The molecular formula is C14H19F2NO2. The molecule has 0 saturated heterocycles. The Hall–Kier alpha value is -1.33. The Morgan fingerprint density at radius 3 is 2.42 bits per heavy atom. The maximum absolute atomic E-state index is 13.0. The molecule has 0 fully saturated rings. The number of likely N-dealkylation sites (N-methyl/N-ethyl adjacent to an activating group) is 1. The third kappa shape index (κ3) is 5.04. The minimum absolute atomic E-state index is 0.0611. The number of ketones is 1. The van der Waals surface area contributed by atoms with Crippen molar-refractivity contribution in [2.24, 2.45) is 0 Å². The average molecular weight is 271 g/mol. The van der Waals surface area contributed by atoms with Gasteiger partial charge in [0.1, 0.15) is 0 Å². The highest BCUT2D eigenvalue weighted by molar-refractivity contribution is 5.97. The van der Waals surface area contributed by atoms with E-state index in [1.54, 1.807) is 18.7 Å². The Balaban J connectivity index is 2.74. The lowest BCUT2D eigenvalue weighted by Crippen LogP contribution is -2.41. The first-order valence-electron chi connectivity index (χ1n) is 6.16. The summed E-state index contributed by atoms with van der Waals surface area (Å²) in [5.41, 5.74) is -0.780. The van der Waals surface area contributed by atoms with Gasteiger partial charge in [-0.3, -0.25) is 9.69 Å². The zero-order valence-corrected chi connectivity index (χ0v) is 11.4. The Bertz CT molecular complexity index is 455. The van der Waals surface area contributed by atoms with Crippen molar-refractivity contribution in [1.82, 2.24) is 4.90 Å². The number of rotatable bonds is 6. The number of halogens is 2. The summed E-state index contributed by atoms with van der Waals surface area (Å²) in [6.07, 6.45) is 0. The molecule has 1 aromatic rings. The Morgan fingerprint density at radius 1 is 1.32 bits per heavy atom. The third-order valence-corrected chi connectivity index (χ3v) is 2.67. The van der Waals surface area contributed by atoms with Crippen LogP contribution in [0.25, 0.3) is 0 Å². The van der Waals surface area contributed by atoms with E-state index in [0.29, 0.717) is 13.1 Å². The van der Waals surface area contributed by atoms with Crippen LogP contribution in [-0.4, -0.2) is 41.0 Å². The van der Waals surface area contributed by atoms with Crippen molar-refractivity contribution in [3.8, 4) is 0 Å². The molecular weight excluding hydrogens is 252 g/mol. The van der Waals surface area contributed by atoms with Gasteiger partial charge in [0.25, 0.3) is 0 Å². The van der Waals surface area contributed by atoms with Crippen LogP contribution in [0.2, 0.25) is 0 Å². The van der Waals surface area contributed by atoms with Gasteiger partial charge in [-0.25, -0.2) is 8.78 Å². The van der Waals surface area contributed by atoms with Gasteiger partial charge >= 0.3 is 0 Å². The summed E-state index contributed by atoms with van der Waals surface area (Å²) >= 11 is 0. The molecule has 5 heteroatoms. The molecule has 1 N–H and O–H groups in total. The maximum atomic E-state index is 13.0. The molecule has 0 unspecified atom stereocenters. The fraction of sp³-hybridized carbons (Fsp3) is 0.500. The highest BCUT2D eigenvalue weighted by Crippen LogP contribution is 2.11. The maximum Gasteiger partial charge on any atom is 0.176 e. The van der Waals surface area contributed by atoms with Crippen LogP contribution in [0.5, 0.6) is 0 Å². The Morgan fingerprint density at radius 2 is 1.95 bits per heavy atom. The van der Waals surface area contributed by atoms with Crippen LogP contribution in [0.1, 0.15) is 31.1 Å². The van der Waals surface area contributed by atoms with Crippen molar-refractivity contribution < 1.29 is 18.7 Å². The number of hydrogen-bond acceptors (Lipinski definition) is 3. The summed E-state index contributed by atoms with van der Waals surface area (Å²) in [7, 11) is 0. The van der Waals surface area contributed by atoms with Crippen LogP contribution in [0.4, 0.5) is 8.78 Å². The topological polar surface area (TPSA) is 40.5 Å². The molecule has 1 aromatic carbocycles. The lowest BCUT2D eigenvalue weighted by Gasteiger charge is -2.27. The first kappa shape index (κ1) is 15.7. The van der Waals surface area contributed by atoms with E-state index in [1.165, 1.54) is 6.07 Å². The van der Waals surface area contributed by atoms with Crippen molar-refractivity contribution in [3.63, 3.8) is 0 Å². The van der Waals surface area contributed by atoms with E-state index in [1.807, 2.05) is 6.92 Å². The average Bonchev–Trinajstić information content (AvgIpc) is 2.29. The van der Waals surface area contributed by atoms with Crippen molar-refractivity contribution in [1.29, 1.82) is 0 Å². The Labute approximate surface area is 111 Å². The lowest BCUT2D eigenvalue weighted by atomic mass is 10.1. The molecule has 19 heavy (non-hydrogen) atoms. The van der Waals surface area contributed by atoms with Crippen LogP contribution in [0.3, 0.4) is 0 Å². The normalized spacial score (nSPS) is 11.9. The molecule has 0 amide bonds. The van der Waals surface area contributed by atoms with Crippen molar-refractivity contribution in [2.75, 3.05) is 19.6 Å². The van der Waals surface area contributed by atoms with Crippen LogP contribution in [-0.2, 0) is 0 Å². The molecule has 106 valence electrons. The molecule has 0 aliphatic carbocycles. The highest BCUT2D eigenvalue weighted by atomic mass is 19.2. The van der Waals surface area contributed by atoms with Crippen LogP contribution in [0, 0.1) is 11.6 Å². The number of Topliss-reactive ketones (excluding diaryl/α,β-unsaturated/α-hetero) is 1. The largest absolute Gasteiger partial charge is 0.389 e. The smallest absolute Gasteiger partial charge is 0.176 e. The molecule has 0 heterocycles. The molecule has 0 aromatic heterocycles. The molecule has 0 aliphatic rings. The number of nitrogens with zero attached hydrogens (tertiary/aromatic N) is 1. The van der Waals surface area contributed by atoms with Gasteiger partial charge in [-0.2, -0.15) is 0 Å². The second-order valence-corrected chi connectivity index (χ2v) is 5.17. The molecule has 1 rings (SSSR count). The van der Waals surface area contributed by atoms with Gasteiger partial charge in [0.15, 0.2) is 17.4 Å². The lowest BCUT2D eigenvalue weighted by molar-refractivity contribution is 0.0376. The van der Waals surface area contributed by atoms with Gasteiger partial charge in [0, 0.05) is 12.1 Å². The zero-order chi connectivity index (χ0) is 14.6. The van der Waals surface area contributed by atoms with E-state index in [-0.39, 0.29) is 17.9 Å². The van der Waals surface area contributed by atoms with Gasteiger partial charge in [0.2, 0.25) is 0 Å². The minimum atomic E-state index is -1.03. The molecule has 0 bridgehead atoms. The van der Waals surface area contributed by atoms with Gasteiger partial charge < -0.3 is 5.11 Å². The number of benzene rings is 1. The second-order valence-electron chi connectivity index (χ2n) is 5.17. The summed E-state index contributed by atoms with van der Waals surface area (Å²) in [6.45, 7) is 6.14. The minimum Gasteiger partial charge on any atom is -0.389 e. The molecule has 0 aliphatic heterocycles. The van der Waals surface area contributed by atoms with Gasteiger partial charge in [-0.15, -0.1) is 0 Å². The number of carbonyl (C=O) groups excluding carboxylic acids is 1. The SMILES string of the molecule is CCN(CC(=O)c1ccc(F)c(F)c1)CC(C)(C)O. The fourth-order valence-electron chi connectivity index (χ4n) is 1.79. The highest BCUT2D eigenvalue weighted by Gasteiger charge is 2.20. The number of hydrogen-bond donors (Lipinski definition) is 1. The molecule has 0 radical (unpaired) electrons. The monoisotopic (exact) mass is 271 g/mol. The first-order valence-corrected chi connectivity index (χ1v) is 6.16. The summed E-state index contributed by atoms with van der Waals surface area (Å²) in [6, 6.07) is 3.10. The quantitative estimate of drug-likeness (QED) is 0.807. The predicted molar refractivity (Wildman–Crippen MR) is 69.1 cm³/mol. The number of carbonyl (C=O) groups is 1. The van der Waals surface area contributed by atoms with Gasteiger partial charge in [-0.1, -0.05) is 6.92 Å². The molecule has 0 spiro atoms. The third-order valence-electron chi connectivity index (χ3n) is 2.67. The van der Waals surface area contributed by atoms with Gasteiger partial charge in [-0.05, 0) is 38.6 Å². The molecule has 3 nitrogen and oxygen atoms in total. The van der Waals surface area contributed by atoms with E-state index in [4.69, 9.17) is 0 Å². The van der Waals surface area contributed by atoms with Crippen LogP contribution >= 0.6 is 0 Å². The van der Waals surface area contributed by atoms with Crippen molar-refractivity contribution in [2.45, 2.75) is 26.4 Å². The van der Waals surface area contributed by atoms with Crippen molar-refractivity contribution >= 4 is 5.78 Å². The van der Waals surface area contributed by atoms with E-state index >= 15 is 0 Å². The van der Waals surface area contributed by atoms with E-state index < -0.39 is 17.2 Å². The first-order chi connectivity index (χ1) is 8.73. The summed E-state index contributed by atoms with van der Waals surface area (Å²) in [4.78, 5) is 13.7. The van der Waals surface area contributed by atoms with Crippen LogP contribution < -0.4 is 0 Å². The second kappa shape index (κ2) is 6.21. The van der Waals surface area contributed by atoms with Crippen LogP contribution in [0.15, 0.2) is 18.2 Å². The molecule has 0 atom stereocenters. The predicted octanol–water partition coefficient (Wildman–Crippen LogP) is 2.24. The summed E-state index contributed by atoms with van der Waals surface area (Å²) in [5.74, 6) is -2.30. The summed E-state index contributed by atoms with van der Waals surface area (Å²) < 4.78 is 25.8. The zero-order valence-electron chi connectivity index (χ0n) is 11.4. The van der Waals surface area contributed by atoms with Crippen molar-refractivity contribution in [3.05, 3.63) is 35.4 Å². The molecule has 0 saturated carbocycles. The van der Waals surface area contributed by atoms with Gasteiger partial charge in [0.05, 0.1) is 12.1 Å². The summed E-state index contributed by atoms with van der Waals surface area (Å²) in [5, 5.41) is 9.72.